The molecule has 1 N–H and O–H groups in total. The van der Waals surface area contributed by atoms with Crippen LogP contribution in [0.15, 0.2) is 24.3 Å². The van der Waals surface area contributed by atoms with Gasteiger partial charge >= 0.3 is 5.97 Å². The van der Waals surface area contributed by atoms with Crippen LogP contribution >= 0.6 is 0 Å². The monoisotopic (exact) mass is 222 g/mol. The zero-order valence-corrected chi connectivity index (χ0v) is 9.93. The van der Waals surface area contributed by atoms with Crippen molar-refractivity contribution in [3.05, 3.63) is 35.4 Å². The number of carbonyl (C=O) groups is 1. The van der Waals surface area contributed by atoms with E-state index in [1.807, 2.05) is 38.1 Å². The van der Waals surface area contributed by atoms with Gasteiger partial charge in [0.05, 0.1) is 18.6 Å². The fourth-order valence-corrected chi connectivity index (χ4v) is 1.31. The third-order valence-electron chi connectivity index (χ3n) is 2.43. The number of carboxylic acid groups (broad SMARTS) is 1. The lowest BCUT2D eigenvalue weighted by molar-refractivity contribution is -0.138. The molecule has 88 valence electrons. The van der Waals surface area contributed by atoms with Crippen LogP contribution in [-0.2, 0) is 16.1 Å². The second kappa shape index (κ2) is 5.66. The van der Waals surface area contributed by atoms with Gasteiger partial charge in [0.1, 0.15) is 0 Å². The van der Waals surface area contributed by atoms with Gasteiger partial charge in [0.25, 0.3) is 0 Å². The highest BCUT2D eigenvalue weighted by Gasteiger charge is 2.12. The smallest absolute Gasteiger partial charge is 0.310 e. The van der Waals surface area contributed by atoms with Crippen molar-refractivity contribution in [2.75, 3.05) is 0 Å². The molecule has 1 aromatic carbocycles. The van der Waals surface area contributed by atoms with Crippen molar-refractivity contribution in [1.82, 2.24) is 0 Å². The Morgan fingerprint density at radius 3 is 2.25 bits per heavy atom. The van der Waals surface area contributed by atoms with E-state index in [0.29, 0.717) is 6.61 Å². The predicted octanol–water partition coefficient (Wildman–Crippen LogP) is 2.80. The molecule has 3 heteroatoms. The molecule has 1 aromatic rings. The number of benzene rings is 1. The molecule has 0 saturated carbocycles. The molecule has 0 heterocycles. The molecule has 1 rings (SSSR count). The summed E-state index contributed by atoms with van der Waals surface area (Å²) in [4.78, 5) is 10.8. The van der Waals surface area contributed by atoms with Gasteiger partial charge in [-0.2, -0.15) is 0 Å². The number of hydrogen-bond acceptors (Lipinski definition) is 2. The number of carboxylic acids is 1. The molecule has 0 aliphatic rings. The Morgan fingerprint density at radius 1 is 1.25 bits per heavy atom. The molecule has 0 saturated heterocycles. The highest BCUT2D eigenvalue weighted by atomic mass is 16.5. The largest absolute Gasteiger partial charge is 0.481 e. The van der Waals surface area contributed by atoms with Gasteiger partial charge in [-0.1, -0.05) is 24.3 Å². The molecular formula is C13H18O3. The van der Waals surface area contributed by atoms with Crippen LogP contribution < -0.4 is 0 Å². The Bertz CT molecular complexity index is 341. The van der Waals surface area contributed by atoms with Crippen LogP contribution in [0.3, 0.4) is 0 Å². The molecule has 0 fully saturated rings. The van der Waals surface area contributed by atoms with Crippen LogP contribution in [-0.4, -0.2) is 17.2 Å². The highest BCUT2D eigenvalue weighted by Crippen LogP contribution is 2.16. The maximum atomic E-state index is 10.8. The molecule has 0 aromatic heterocycles. The molecule has 1 unspecified atom stereocenters. The van der Waals surface area contributed by atoms with Crippen molar-refractivity contribution in [1.29, 1.82) is 0 Å². The second-order valence-corrected chi connectivity index (χ2v) is 4.16. The van der Waals surface area contributed by atoms with Gasteiger partial charge in [-0.3, -0.25) is 4.79 Å². The van der Waals surface area contributed by atoms with Crippen LogP contribution in [0.4, 0.5) is 0 Å². The Hall–Kier alpha value is -1.35. The van der Waals surface area contributed by atoms with E-state index in [1.54, 1.807) is 6.92 Å². The Morgan fingerprint density at radius 2 is 1.81 bits per heavy atom. The minimum atomic E-state index is -0.800. The van der Waals surface area contributed by atoms with E-state index >= 15 is 0 Å². The fourth-order valence-electron chi connectivity index (χ4n) is 1.31. The molecule has 1 atom stereocenters. The van der Waals surface area contributed by atoms with E-state index in [-0.39, 0.29) is 6.10 Å². The molecule has 0 radical (unpaired) electrons. The maximum Gasteiger partial charge on any atom is 0.310 e. The second-order valence-electron chi connectivity index (χ2n) is 4.16. The van der Waals surface area contributed by atoms with Crippen molar-refractivity contribution in [3.63, 3.8) is 0 Å². The van der Waals surface area contributed by atoms with E-state index in [1.165, 1.54) is 0 Å². The lowest BCUT2D eigenvalue weighted by atomic mass is 10.0. The summed E-state index contributed by atoms with van der Waals surface area (Å²) in [6.07, 6.45) is 0.206. The van der Waals surface area contributed by atoms with Crippen molar-refractivity contribution in [2.45, 2.75) is 39.4 Å². The zero-order valence-electron chi connectivity index (χ0n) is 9.93. The topological polar surface area (TPSA) is 46.5 Å². The first-order chi connectivity index (χ1) is 7.50. The van der Waals surface area contributed by atoms with E-state index in [0.717, 1.165) is 11.1 Å². The summed E-state index contributed by atoms with van der Waals surface area (Å²) >= 11 is 0. The number of hydrogen-bond donors (Lipinski definition) is 1. The van der Waals surface area contributed by atoms with E-state index in [2.05, 4.69) is 0 Å². The third kappa shape index (κ3) is 3.66. The average Bonchev–Trinajstić information content (AvgIpc) is 2.26. The van der Waals surface area contributed by atoms with Crippen molar-refractivity contribution < 1.29 is 14.6 Å². The Balaban J connectivity index is 2.64. The number of rotatable bonds is 5. The summed E-state index contributed by atoms with van der Waals surface area (Å²) in [6, 6.07) is 7.52. The third-order valence-corrected chi connectivity index (χ3v) is 2.43. The average molecular weight is 222 g/mol. The summed E-state index contributed by atoms with van der Waals surface area (Å²) in [5, 5.41) is 8.86. The van der Waals surface area contributed by atoms with E-state index < -0.39 is 11.9 Å². The summed E-state index contributed by atoms with van der Waals surface area (Å²) in [7, 11) is 0. The first-order valence-corrected chi connectivity index (χ1v) is 5.44. The minimum absolute atomic E-state index is 0.206. The van der Waals surface area contributed by atoms with Gasteiger partial charge in [0.15, 0.2) is 0 Å². The molecule has 0 aliphatic heterocycles. The molecule has 0 amide bonds. The number of aliphatic carboxylic acids is 1. The lowest BCUT2D eigenvalue weighted by Gasteiger charge is -2.09. The quantitative estimate of drug-likeness (QED) is 0.833. The summed E-state index contributed by atoms with van der Waals surface area (Å²) in [6.45, 7) is 6.23. The SMILES string of the molecule is CC(C)OCc1ccc(C(C)C(=O)O)cc1. The molecule has 3 nitrogen and oxygen atoms in total. The Kier molecular flexibility index (Phi) is 4.50. The Labute approximate surface area is 96.1 Å². The first kappa shape index (κ1) is 12.7. The van der Waals surface area contributed by atoms with Gasteiger partial charge in [-0.25, -0.2) is 0 Å². The summed E-state index contributed by atoms with van der Waals surface area (Å²) in [5.74, 6) is -1.26. The summed E-state index contributed by atoms with van der Waals surface area (Å²) in [5.41, 5.74) is 1.89. The normalized spacial score (nSPS) is 12.8. The van der Waals surface area contributed by atoms with Gasteiger partial charge in [0.2, 0.25) is 0 Å². The van der Waals surface area contributed by atoms with Crippen molar-refractivity contribution >= 4 is 5.97 Å². The van der Waals surface area contributed by atoms with Crippen LogP contribution in [0.25, 0.3) is 0 Å². The highest BCUT2D eigenvalue weighted by molar-refractivity contribution is 5.75. The minimum Gasteiger partial charge on any atom is -0.481 e. The van der Waals surface area contributed by atoms with Crippen LogP contribution in [0, 0.1) is 0 Å². The van der Waals surface area contributed by atoms with Crippen LogP contribution in [0.1, 0.15) is 37.8 Å². The maximum absolute atomic E-state index is 10.8. The van der Waals surface area contributed by atoms with Crippen molar-refractivity contribution in [2.24, 2.45) is 0 Å². The van der Waals surface area contributed by atoms with Crippen molar-refractivity contribution in [3.8, 4) is 0 Å². The van der Waals surface area contributed by atoms with Gasteiger partial charge < -0.3 is 9.84 Å². The molecule has 0 aliphatic carbocycles. The van der Waals surface area contributed by atoms with E-state index in [9.17, 15) is 4.79 Å². The molecule has 16 heavy (non-hydrogen) atoms. The fraction of sp³-hybridized carbons (Fsp3) is 0.462. The van der Waals surface area contributed by atoms with Gasteiger partial charge in [-0.15, -0.1) is 0 Å². The predicted molar refractivity (Wildman–Crippen MR) is 62.4 cm³/mol. The molecule has 0 spiro atoms. The lowest BCUT2D eigenvalue weighted by Crippen LogP contribution is -2.07. The summed E-state index contributed by atoms with van der Waals surface area (Å²) < 4.78 is 5.46. The van der Waals surface area contributed by atoms with Gasteiger partial charge in [-0.05, 0) is 31.9 Å². The standard InChI is InChI=1S/C13H18O3/c1-9(2)16-8-11-4-6-12(7-5-11)10(3)13(14)15/h4-7,9-10H,8H2,1-3H3,(H,14,15). The molecular weight excluding hydrogens is 204 g/mol. The molecule has 0 bridgehead atoms. The van der Waals surface area contributed by atoms with Crippen LogP contribution in [0.5, 0.6) is 0 Å². The zero-order chi connectivity index (χ0) is 12.1. The van der Waals surface area contributed by atoms with Gasteiger partial charge in [0, 0.05) is 0 Å². The first-order valence-electron chi connectivity index (χ1n) is 5.44. The van der Waals surface area contributed by atoms with Crippen LogP contribution in [0.2, 0.25) is 0 Å². The van der Waals surface area contributed by atoms with E-state index in [4.69, 9.17) is 9.84 Å². The number of ether oxygens (including phenoxy) is 1.